The summed E-state index contributed by atoms with van der Waals surface area (Å²) in [5.74, 6) is -1.44. The summed E-state index contributed by atoms with van der Waals surface area (Å²) in [6.45, 7) is 0. The minimum atomic E-state index is -0.753. The summed E-state index contributed by atoms with van der Waals surface area (Å²) in [5, 5.41) is 3.01. The molecule has 0 saturated carbocycles. The molecular formula is C20H13FN4O3. The molecule has 3 heterocycles. The van der Waals surface area contributed by atoms with E-state index in [-0.39, 0.29) is 16.9 Å². The molecule has 5 rings (SSSR count). The second-order valence-electron chi connectivity index (χ2n) is 6.59. The van der Waals surface area contributed by atoms with Crippen molar-refractivity contribution in [2.75, 3.05) is 5.32 Å². The maximum absolute atomic E-state index is 13.4. The third-order valence-electron chi connectivity index (χ3n) is 4.94. The lowest BCUT2D eigenvalue weighted by Crippen LogP contribution is -2.23. The number of H-pyrrole nitrogens is 3. The molecule has 2 aromatic heterocycles. The number of fused-ring (bicyclic) bond motifs is 2. The van der Waals surface area contributed by atoms with Gasteiger partial charge in [0.2, 0.25) is 5.91 Å². The lowest BCUT2D eigenvalue weighted by Gasteiger charge is -2.11. The van der Waals surface area contributed by atoms with E-state index in [0.29, 0.717) is 22.5 Å². The number of benzene rings is 2. The molecule has 7 nitrogen and oxygen atoms in total. The molecule has 4 aromatic rings. The quantitative estimate of drug-likeness (QED) is 0.431. The smallest absolute Gasteiger partial charge is 0.327 e. The topological polar surface area (TPSA) is 111 Å². The molecule has 1 aliphatic rings. The normalized spacial score (nSPS) is 15.6. The number of amides is 1. The highest BCUT2D eigenvalue weighted by atomic mass is 19.1. The summed E-state index contributed by atoms with van der Waals surface area (Å²) in [6.07, 6.45) is 0. The zero-order chi connectivity index (χ0) is 19.4. The van der Waals surface area contributed by atoms with E-state index in [4.69, 9.17) is 0 Å². The van der Waals surface area contributed by atoms with Gasteiger partial charge in [0.05, 0.1) is 17.0 Å². The summed E-state index contributed by atoms with van der Waals surface area (Å²) in [6, 6.07) is 12.9. The highest BCUT2D eigenvalue weighted by Crippen LogP contribution is 2.43. The van der Waals surface area contributed by atoms with E-state index in [1.165, 1.54) is 12.1 Å². The molecule has 138 valence electrons. The van der Waals surface area contributed by atoms with E-state index in [9.17, 15) is 18.8 Å². The summed E-state index contributed by atoms with van der Waals surface area (Å²) < 4.78 is 13.4. The van der Waals surface area contributed by atoms with Gasteiger partial charge < -0.3 is 10.3 Å². The van der Waals surface area contributed by atoms with Crippen molar-refractivity contribution in [2.45, 2.75) is 5.92 Å². The van der Waals surface area contributed by atoms with Crippen molar-refractivity contribution in [3.05, 3.63) is 86.3 Å². The van der Waals surface area contributed by atoms with Crippen LogP contribution in [0.15, 0.2) is 58.1 Å². The Labute approximate surface area is 156 Å². The Bertz CT molecular complexity index is 1360. The maximum Gasteiger partial charge on any atom is 0.327 e. The number of rotatable bonds is 2. The lowest BCUT2D eigenvalue weighted by atomic mass is 9.89. The van der Waals surface area contributed by atoms with Crippen molar-refractivity contribution in [2.24, 2.45) is 0 Å². The van der Waals surface area contributed by atoms with Crippen molar-refractivity contribution in [3.8, 4) is 11.3 Å². The van der Waals surface area contributed by atoms with E-state index < -0.39 is 23.0 Å². The van der Waals surface area contributed by atoms with Crippen LogP contribution >= 0.6 is 0 Å². The van der Waals surface area contributed by atoms with E-state index in [1.54, 1.807) is 18.2 Å². The Hall–Kier alpha value is -3.94. The number of hydrogen-bond acceptors (Lipinski definition) is 3. The Kier molecular flexibility index (Phi) is 3.35. The van der Waals surface area contributed by atoms with Gasteiger partial charge in [0, 0.05) is 11.3 Å². The number of hydrogen-bond donors (Lipinski definition) is 4. The first-order valence-corrected chi connectivity index (χ1v) is 8.57. The van der Waals surface area contributed by atoms with Crippen LogP contribution in [0.3, 0.4) is 0 Å². The summed E-state index contributed by atoms with van der Waals surface area (Å²) in [7, 11) is 0. The van der Waals surface area contributed by atoms with E-state index in [1.807, 2.05) is 18.2 Å². The third-order valence-corrected chi connectivity index (χ3v) is 4.94. The number of aromatic amines is 3. The number of anilines is 1. The highest BCUT2D eigenvalue weighted by molar-refractivity contribution is 6.08. The van der Waals surface area contributed by atoms with Crippen molar-refractivity contribution >= 4 is 22.6 Å². The SMILES string of the molecule is O=C1Nc2ccccc2[C@@H]1c1c(-c2ccc(F)cc2)[nH]c2[nH]c(=O)[nH]c(=O)c12. The van der Waals surface area contributed by atoms with Gasteiger partial charge in [-0.3, -0.25) is 19.6 Å². The largest absolute Gasteiger partial charge is 0.340 e. The van der Waals surface area contributed by atoms with Gasteiger partial charge in [-0.1, -0.05) is 18.2 Å². The molecule has 1 amide bonds. The monoisotopic (exact) mass is 376 g/mol. The van der Waals surface area contributed by atoms with Crippen LogP contribution in [0.5, 0.6) is 0 Å². The van der Waals surface area contributed by atoms with E-state index >= 15 is 0 Å². The number of para-hydroxylation sites is 1. The standard InChI is InChI=1S/C20H13FN4O3/c21-10-7-5-9(6-8-10)16-14(15-17(23-16)24-20(28)25-19(15)27)13-11-3-1-2-4-12(11)22-18(13)26/h1-8,13H,(H,22,26)(H3,23,24,25,27,28)/t13-/m1/s1. The fraction of sp³-hybridized carbons (Fsp3) is 0.0500. The van der Waals surface area contributed by atoms with Gasteiger partial charge >= 0.3 is 5.69 Å². The molecule has 0 radical (unpaired) electrons. The van der Waals surface area contributed by atoms with Crippen LogP contribution in [0.25, 0.3) is 22.3 Å². The van der Waals surface area contributed by atoms with Crippen LogP contribution in [0.4, 0.5) is 10.1 Å². The van der Waals surface area contributed by atoms with Crippen LogP contribution in [-0.2, 0) is 4.79 Å². The second-order valence-corrected chi connectivity index (χ2v) is 6.59. The zero-order valence-electron chi connectivity index (χ0n) is 14.3. The molecule has 4 N–H and O–H groups in total. The Morgan fingerprint density at radius 2 is 1.61 bits per heavy atom. The maximum atomic E-state index is 13.4. The average Bonchev–Trinajstić information content (AvgIpc) is 3.19. The Balaban J connectivity index is 1.88. The van der Waals surface area contributed by atoms with E-state index in [0.717, 1.165) is 5.56 Å². The van der Waals surface area contributed by atoms with Gasteiger partial charge in [-0.2, -0.15) is 0 Å². The van der Waals surface area contributed by atoms with Gasteiger partial charge in [-0.25, -0.2) is 9.18 Å². The van der Waals surface area contributed by atoms with Gasteiger partial charge in [0.1, 0.15) is 11.5 Å². The third kappa shape index (κ3) is 2.31. The molecule has 0 bridgehead atoms. The summed E-state index contributed by atoms with van der Waals surface area (Å²) in [4.78, 5) is 45.0. The van der Waals surface area contributed by atoms with Gasteiger partial charge in [-0.15, -0.1) is 0 Å². The fourth-order valence-corrected chi connectivity index (χ4v) is 3.78. The summed E-state index contributed by atoms with van der Waals surface area (Å²) in [5.41, 5.74) is 1.83. The Morgan fingerprint density at radius 3 is 2.39 bits per heavy atom. The number of halogens is 1. The van der Waals surface area contributed by atoms with Gasteiger partial charge in [-0.05, 0) is 41.5 Å². The molecule has 0 unspecified atom stereocenters. The first-order chi connectivity index (χ1) is 13.5. The number of aromatic nitrogens is 3. The average molecular weight is 376 g/mol. The van der Waals surface area contributed by atoms with Gasteiger partial charge in [0.25, 0.3) is 5.56 Å². The zero-order valence-corrected chi connectivity index (χ0v) is 14.3. The lowest BCUT2D eigenvalue weighted by molar-refractivity contribution is -0.116. The molecule has 2 aromatic carbocycles. The first kappa shape index (κ1) is 16.2. The minimum absolute atomic E-state index is 0.191. The molecule has 28 heavy (non-hydrogen) atoms. The molecule has 0 aliphatic carbocycles. The molecule has 0 spiro atoms. The van der Waals surface area contributed by atoms with Crippen LogP contribution < -0.4 is 16.6 Å². The predicted octanol–water partition coefficient (Wildman–Crippen LogP) is 2.43. The summed E-state index contributed by atoms with van der Waals surface area (Å²) >= 11 is 0. The van der Waals surface area contributed by atoms with E-state index in [2.05, 4.69) is 20.3 Å². The Morgan fingerprint density at radius 1 is 0.857 bits per heavy atom. The van der Waals surface area contributed by atoms with Crippen molar-refractivity contribution in [1.29, 1.82) is 0 Å². The predicted molar refractivity (Wildman–Crippen MR) is 102 cm³/mol. The first-order valence-electron chi connectivity index (χ1n) is 8.57. The molecule has 0 fully saturated rings. The second kappa shape index (κ2) is 5.78. The molecule has 1 atom stereocenters. The molecule has 0 saturated heterocycles. The van der Waals surface area contributed by atoms with Gasteiger partial charge in [0.15, 0.2) is 0 Å². The van der Waals surface area contributed by atoms with Crippen LogP contribution in [-0.4, -0.2) is 20.9 Å². The molecule has 8 heteroatoms. The highest BCUT2D eigenvalue weighted by Gasteiger charge is 2.36. The van der Waals surface area contributed by atoms with Crippen LogP contribution in [0.2, 0.25) is 0 Å². The number of carbonyl (C=O) groups excluding carboxylic acids is 1. The molecular weight excluding hydrogens is 363 g/mol. The molecule has 1 aliphatic heterocycles. The number of nitrogens with one attached hydrogen (secondary N) is 4. The fourth-order valence-electron chi connectivity index (χ4n) is 3.78. The van der Waals surface area contributed by atoms with Crippen LogP contribution in [0.1, 0.15) is 17.0 Å². The van der Waals surface area contributed by atoms with Crippen LogP contribution in [0, 0.1) is 5.82 Å². The minimum Gasteiger partial charge on any atom is -0.340 e. The van der Waals surface area contributed by atoms with Crippen molar-refractivity contribution in [3.63, 3.8) is 0 Å². The number of carbonyl (C=O) groups is 1. The van der Waals surface area contributed by atoms with Crippen molar-refractivity contribution in [1.82, 2.24) is 15.0 Å². The van der Waals surface area contributed by atoms with Crippen molar-refractivity contribution < 1.29 is 9.18 Å².